The summed E-state index contributed by atoms with van der Waals surface area (Å²) in [4.78, 5) is 12.9. The highest BCUT2D eigenvalue weighted by atomic mass is 32.2. The third kappa shape index (κ3) is 5.07. The van der Waals surface area contributed by atoms with Crippen LogP contribution in [0.3, 0.4) is 0 Å². The maximum Gasteiger partial charge on any atom is 0.250 e. The van der Waals surface area contributed by atoms with Gasteiger partial charge in [0, 0.05) is 5.69 Å². The molecule has 1 aromatic heterocycles. The second-order valence-electron chi connectivity index (χ2n) is 6.58. The zero-order valence-electron chi connectivity index (χ0n) is 15.7. The highest BCUT2D eigenvalue weighted by molar-refractivity contribution is 7.91. The molecular weight excluding hydrogens is 392 g/mol. The standard InChI is InChI=1S/C21H22N2O3S2/c1-15-10-11-18(13-16(15)2)22-21(24)19(14-17-7-4-3-5-8-17)23-28(25,26)20-9-6-12-27-20/h3-13,19,23H,14H2,1-2H3,(H,22,24)/t19-/m0/s1. The fraction of sp³-hybridized carbons (Fsp3) is 0.190. The van der Waals surface area contributed by atoms with Gasteiger partial charge in [0.25, 0.3) is 10.0 Å². The van der Waals surface area contributed by atoms with E-state index in [1.54, 1.807) is 11.4 Å². The lowest BCUT2D eigenvalue weighted by molar-refractivity contribution is -0.117. The number of thiophene rings is 1. The highest BCUT2D eigenvalue weighted by Crippen LogP contribution is 2.18. The van der Waals surface area contributed by atoms with Gasteiger partial charge >= 0.3 is 0 Å². The van der Waals surface area contributed by atoms with Gasteiger partial charge in [-0.15, -0.1) is 11.3 Å². The van der Waals surface area contributed by atoms with Gasteiger partial charge in [-0.3, -0.25) is 4.79 Å². The van der Waals surface area contributed by atoms with Gasteiger partial charge in [-0.05, 0) is 60.5 Å². The Kier molecular flexibility index (Phi) is 6.28. The monoisotopic (exact) mass is 414 g/mol. The van der Waals surface area contributed by atoms with E-state index < -0.39 is 22.0 Å². The van der Waals surface area contributed by atoms with Crippen molar-refractivity contribution in [2.75, 3.05) is 5.32 Å². The first-order valence-electron chi connectivity index (χ1n) is 8.83. The molecule has 1 amide bonds. The molecule has 1 heterocycles. The van der Waals surface area contributed by atoms with Crippen LogP contribution in [-0.4, -0.2) is 20.4 Å². The average molecular weight is 415 g/mol. The van der Waals surface area contributed by atoms with Crippen molar-refractivity contribution in [1.82, 2.24) is 4.72 Å². The molecule has 146 valence electrons. The van der Waals surface area contributed by atoms with Crippen molar-refractivity contribution < 1.29 is 13.2 Å². The number of aryl methyl sites for hydroxylation is 2. The van der Waals surface area contributed by atoms with Crippen LogP contribution in [0.4, 0.5) is 5.69 Å². The van der Waals surface area contributed by atoms with Gasteiger partial charge in [0.05, 0.1) is 0 Å². The van der Waals surface area contributed by atoms with E-state index in [1.807, 2.05) is 62.4 Å². The Morgan fingerprint density at radius 2 is 1.75 bits per heavy atom. The zero-order chi connectivity index (χ0) is 20.1. The summed E-state index contributed by atoms with van der Waals surface area (Å²) >= 11 is 1.12. The maximum atomic E-state index is 12.9. The molecule has 0 saturated heterocycles. The third-order valence-corrected chi connectivity index (χ3v) is 7.30. The van der Waals surface area contributed by atoms with E-state index in [2.05, 4.69) is 10.0 Å². The molecule has 0 aliphatic carbocycles. The van der Waals surface area contributed by atoms with Crippen molar-refractivity contribution >= 4 is 33.0 Å². The minimum absolute atomic E-state index is 0.185. The first kappa shape index (κ1) is 20.3. The lowest BCUT2D eigenvalue weighted by Crippen LogP contribution is -2.45. The van der Waals surface area contributed by atoms with Crippen molar-refractivity contribution in [3.05, 3.63) is 82.7 Å². The fourth-order valence-electron chi connectivity index (χ4n) is 2.75. The van der Waals surface area contributed by atoms with Crippen molar-refractivity contribution in [2.45, 2.75) is 30.5 Å². The second-order valence-corrected chi connectivity index (χ2v) is 9.47. The summed E-state index contributed by atoms with van der Waals surface area (Å²) in [5.41, 5.74) is 3.69. The van der Waals surface area contributed by atoms with Crippen LogP contribution >= 0.6 is 11.3 Å². The number of benzene rings is 2. The van der Waals surface area contributed by atoms with Gasteiger partial charge in [0.1, 0.15) is 10.3 Å². The van der Waals surface area contributed by atoms with Crippen LogP contribution in [0.15, 0.2) is 70.3 Å². The van der Waals surface area contributed by atoms with Gasteiger partial charge in [-0.25, -0.2) is 8.42 Å². The molecule has 0 saturated carbocycles. The first-order chi connectivity index (χ1) is 13.3. The van der Waals surface area contributed by atoms with E-state index in [9.17, 15) is 13.2 Å². The van der Waals surface area contributed by atoms with Crippen LogP contribution in [0.2, 0.25) is 0 Å². The summed E-state index contributed by atoms with van der Waals surface area (Å²) in [5, 5.41) is 4.53. The smallest absolute Gasteiger partial charge is 0.250 e. The third-order valence-electron chi connectivity index (χ3n) is 4.43. The summed E-state index contributed by atoms with van der Waals surface area (Å²) in [7, 11) is -3.78. The minimum atomic E-state index is -3.78. The molecule has 0 fully saturated rings. The molecule has 0 aliphatic heterocycles. The molecule has 7 heteroatoms. The summed E-state index contributed by atoms with van der Waals surface area (Å²) in [6.45, 7) is 3.96. The number of nitrogens with one attached hydrogen (secondary N) is 2. The molecule has 5 nitrogen and oxygen atoms in total. The summed E-state index contributed by atoms with van der Waals surface area (Å²) < 4.78 is 28.1. The van der Waals surface area contributed by atoms with E-state index in [4.69, 9.17) is 0 Å². The van der Waals surface area contributed by atoms with Crippen molar-refractivity contribution in [3.8, 4) is 0 Å². The lowest BCUT2D eigenvalue weighted by atomic mass is 10.1. The lowest BCUT2D eigenvalue weighted by Gasteiger charge is -2.19. The van der Waals surface area contributed by atoms with E-state index in [-0.39, 0.29) is 10.6 Å². The average Bonchev–Trinajstić information content (AvgIpc) is 3.21. The predicted molar refractivity (Wildman–Crippen MR) is 113 cm³/mol. The quantitative estimate of drug-likeness (QED) is 0.616. The number of carbonyl (C=O) groups is 1. The van der Waals surface area contributed by atoms with Crippen molar-refractivity contribution in [3.63, 3.8) is 0 Å². The summed E-state index contributed by atoms with van der Waals surface area (Å²) in [6.07, 6.45) is 0.252. The minimum Gasteiger partial charge on any atom is -0.325 e. The molecule has 2 aromatic carbocycles. The zero-order valence-corrected chi connectivity index (χ0v) is 17.3. The van der Waals surface area contributed by atoms with Crippen LogP contribution in [0.5, 0.6) is 0 Å². The normalized spacial score (nSPS) is 12.5. The number of hydrogen-bond donors (Lipinski definition) is 2. The molecule has 0 bridgehead atoms. The molecule has 0 radical (unpaired) electrons. The Morgan fingerprint density at radius 3 is 2.39 bits per heavy atom. The second kappa shape index (κ2) is 8.68. The molecule has 2 N–H and O–H groups in total. The van der Waals surface area contributed by atoms with E-state index in [0.717, 1.165) is 28.0 Å². The molecule has 0 unspecified atom stereocenters. The Hall–Kier alpha value is -2.48. The molecule has 3 rings (SSSR count). The topological polar surface area (TPSA) is 75.3 Å². The SMILES string of the molecule is Cc1ccc(NC(=O)[C@H](Cc2ccccc2)NS(=O)(=O)c2cccs2)cc1C. The van der Waals surface area contributed by atoms with Gasteiger partial charge in [0.15, 0.2) is 0 Å². The van der Waals surface area contributed by atoms with Crippen LogP contribution in [0.25, 0.3) is 0 Å². The van der Waals surface area contributed by atoms with E-state index in [0.29, 0.717) is 5.69 Å². The molecular formula is C21H22N2O3S2. The van der Waals surface area contributed by atoms with E-state index >= 15 is 0 Å². The van der Waals surface area contributed by atoms with Crippen LogP contribution < -0.4 is 10.0 Å². The Balaban J connectivity index is 1.84. The number of amides is 1. The predicted octanol–water partition coefficient (Wildman–Crippen LogP) is 3.89. The molecule has 0 spiro atoms. The Labute approximate surface area is 169 Å². The first-order valence-corrected chi connectivity index (χ1v) is 11.2. The number of sulfonamides is 1. The maximum absolute atomic E-state index is 12.9. The number of rotatable bonds is 7. The van der Waals surface area contributed by atoms with Crippen molar-refractivity contribution in [2.24, 2.45) is 0 Å². The van der Waals surface area contributed by atoms with Crippen LogP contribution in [0.1, 0.15) is 16.7 Å². The Bertz CT molecular complexity index is 1050. The summed E-state index contributed by atoms with van der Waals surface area (Å²) in [6, 6.07) is 17.2. The number of anilines is 1. The summed E-state index contributed by atoms with van der Waals surface area (Å²) in [5.74, 6) is -0.396. The number of carbonyl (C=O) groups excluding carboxylic acids is 1. The van der Waals surface area contributed by atoms with Gasteiger partial charge < -0.3 is 5.32 Å². The molecule has 0 aliphatic rings. The Morgan fingerprint density at radius 1 is 1.00 bits per heavy atom. The fourth-order valence-corrected chi connectivity index (χ4v) is 4.95. The largest absolute Gasteiger partial charge is 0.325 e. The highest BCUT2D eigenvalue weighted by Gasteiger charge is 2.26. The van der Waals surface area contributed by atoms with Gasteiger partial charge in [-0.2, -0.15) is 4.72 Å². The molecule has 3 aromatic rings. The molecule has 28 heavy (non-hydrogen) atoms. The van der Waals surface area contributed by atoms with Gasteiger partial charge in [0.2, 0.25) is 5.91 Å². The van der Waals surface area contributed by atoms with Crippen molar-refractivity contribution in [1.29, 1.82) is 0 Å². The molecule has 1 atom stereocenters. The van der Waals surface area contributed by atoms with Gasteiger partial charge in [-0.1, -0.05) is 42.5 Å². The number of hydrogen-bond acceptors (Lipinski definition) is 4. The van der Waals surface area contributed by atoms with Crippen LogP contribution in [-0.2, 0) is 21.2 Å². The van der Waals surface area contributed by atoms with Crippen LogP contribution in [0, 0.1) is 13.8 Å². The van der Waals surface area contributed by atoms with E-state index in [1.165, 1.54) is 6.07 Å².